The van der Waals surface area contributed by atoms with E-state index in [9.17, 15) is 9.59 Å². The smallest absolute Gasteiger partial charge is 0.239 e. The Balaban J connectivity index is 0.000000196. The van der Waals surface area contributed by atoms with Crippen molar-refractivity contribution in [3.63, 3.8) is 0 Å². The molecule has 0 radical (unpaired) electrons. The Morgan fingerprint density at radius 2 is 1.11 bits per heavy atom. The van der Waals surface area contributed by atoms with Crippen LogP contribution in [0.15, 0.2) is 0 Å². The summed E-state index contributed by atoms with van der Waals surface area (Å²) in [5.41, 5.74) is 0. The Hall–Kier alpha value is -1.18. The summed E-state index contributed by atoms with van der Waals surface area (Å²) in [6.45, 7) is 9.92. The summed E-state index contributed by atoms with van der Waals surface area (Å²) in [6.07, 6.45) is 12.2. The lowest BCUT2D eigenvalue weighted by molar-refractivity contribution is -0.135. The number of likely N-dealkylation sites (tertiary alicyclic amines) is 2. The summed E-state index contributed by atoms with van der Waals surface area (Å²) in [6, 6.07) is 0.0474. The third kappa shape index (κ3) is 8.16. The van der Waals surface area contributed by atoms with Gasteiger partial charge in [0.1, 0.15) is 0 Å². The lowest BCUT2D eigenvalue weighted by atomic mass is 9.97. The Labute approximate surface area is 214 Å². The third-order valence-electron chi connectivity index (χ3n) is 8.86. The molecular weight excluding hydrogens is 440 g/mol. The van der Waals surface area contributed by atoms with Crippen LogP contribution in [0.5, 0.6) is 0 Å². The molecule has 3 heterocycles. The number of likely N-dealkylation sites (N-methyl/N-ethyl adjacent to an activating group) is 2. The van der Waals surface area contributed by atoms with Gasteiger partial charge in [0.2, 0.25) is 11.8 Å². The van der Waals surface area contributed by atoms with E-state index in [1.807, 2.05) is 14.1 Å². The van der Waals surface area contributed by atoms with Gasteiger partial charge in [-0.2, -0.15) is 0 Å². The van der Waals surface area contributed by atoms with Gasteiger partial charge in [-0.15, -0.1) is 0 Å². The second-order valence-electron chi connectivity index (χ2n) is 11.5. The fraction of sp³-hybridized carbons (Fsp3) is 0.929. The van der Waals surface area contributed by atoms with Crippen LogP contribution in [0.4, 0.5) is 0 Å². The molecule has 4 fully saturated rings. The largest absolute Gasteiger partial charge is 0.381 e. The van der Waals surface area contributed by atoms with Gasteiger partial charge in [0.15, 0.2) is 0 Å². The molecule has 0 aromatic heterocycles. The molecule has 1 aliphatic carbocycles. The van der Waals surface area contributed by atoms with Crippen LogP contribution in [0.25, 0.3) is 0 Å². The summed E-state index contributed by atoms with van der Waals surface area (Å²) in [5, 5.41) is 6.40. The molecule has 7 heteroatoms. The summed E-state index contributed by atoms with van der Waals surface area (Å²) < 4.78 is 5.38. The highest BCUT2D eigenvalue weighted by atomic mass is 16.5. The van der Waals surface area contributed by atoms with Gasteiger partial charge in [-0.3, -0.25) is 9.59 Å². The number of nitrogens with zero attached hydrogens (tertiary/aromatic N) is 2. The number of carbonyl (C=O) groups is 2. The SMILES string of the molecule is CNC1C(=O)N(CC2CCCC2)CCCC1C.CNC1C(=O)N(CC2CCOCC2)CCCC1C. The van der Waals surface area contributed by atoms with Gasteiger partial charge in [-0.05, 0) is 89.1 Å². The van der Waals surface area contributed by atoms with Crippen molar-refractivity contribution in [2.24, 2.45) is 23.7 Å². The maximum absolute atomic E-state index is 12.5. The molecule has 2 amide bonds. The van der Waals surface area contributed by atoms with Gasteiger partial charge in [-0.1, -0.05) is 26.7 Å². The van der Waals surface area contributed by atoms with Crippen molar-refractivity contribution in [2.75, 3.05) is 53.5 Å². The third-order valence-corrected chi connectivity index (χ3v) is 8.86. The van der Waals surface area contributed by atoms with Gasteiger partial charge in [0.05, 0.1) is 12.1 Å². The van der Waals surface area contributed by atoms with Crippen molar-refractivity contribution >= 4 is 11.8 Å². The highest BCUT2D eigenvalue weighted by Crippen LogP contribution is 2.27. The molecule has 1 saturated carbocycles. The monoisotopic (exact) mass is 492 g/mol. The van der Waals surface area contributed by atoms with E-state index in [0.717, 1.165) is 77.4 Å². The fourth-order valence-electron chi connectivity index (χ4n) is 6.57. The van der Waals surface area contributed by atoms with Crippen LogP contribution in [0.2, 0.25) is 0 Å². The van der Waals surface area contributed by atoms with E-state index < -0.39 is 0 Å². The second kappa shape index (κ2) is 14.5. The van der Waals surface area contributed by atoms with Crippen LogP contribution in [0.3, 0.4) is 0 Å². The molecule has 2 N–H and O–H groups in total. The van der Waals surface area contributed by atoms with E-state index in [4.69, 9.17) is 4.74 Å². The molecule has 4 atom stereocenters. The van der Waals surface area contributed by atoms with Crippen molar-refractivity contribution < 1.29 is 14.3 Å². The van der Waals surface area contributed by atoms with Crippen LogP contribution in [0, 0.1) is 23.7 Å². The van der Waals surface area contributed by atoms with Crippen LogP contribution in [-0.4, -0.2) is 87.2 Å². The lowest BCUT2D eigenvalue weighted by Gasteiger charge is -2.31. The first kappa shape index (κ1) is 28.4. The Kier molecular flexibility index (Phi) is 11.8. The van der Waals surface area contributed by atoms with Crippen LogP contribution in [0.1, 0.15) is 78.1 Å². The quantitative estimate of drug-likeness (QED) is 0.595. The molecule has 0 spiro atoms. The highest BCUT2D eigenvalue weighted by Gasteiger charge is 2.33. The van der Waals surface area contributed by atoms with Crippen LogP contribution in [-0.2, 0) is 14.3 Å². The standard InChI is InChI=1S/C14H26N2O2.C14H26N2O/c1-11-4-3-7-16(14(17)13(11)15-2)10-12-5-8-18-9-6-12;1-11-6-5-9-16(14(17)13(11)15-2)10-12-7-3-4-8-12/h11-13,15H,3-10H2,1-2H3;11-13,15H,3-10H2,1-2H3. The molecule has 7 nitrogen and oxygen atoms in total. The first-order valence-corrected chi connectivity index (χ1v) is 14.4. The van der Waals surface area contributed by atoms with Crippen molar-refractivity contribution in [3.8, 4) is 0 Å². The van der Waals surface area contributed by atoms with Gasteiger partial charge >= 0.3 is 0 Å². The second-order valence-corrected chi connectivity index (χ2v) is 11.5. The average Bonchev–Trinajstić information content (AvgIpc) is 3.28. The molecule has 0 aromatic rings. The van der Waals surface area contributed by atoms with Crippen molar-refractivity contribution in [3.05, 3.63) is 0 Å². The number of amides is 2. The number of nitrogens with one attached hydrogen (secondary N) is 2. The maximum Gasteiger partial charge on any atom is 0.239 e. The van der Waals surface area contributed by atoms with Crippen molar-refractivity contribution in [1.29, 1.82) is 0 Å². The van der Waals surface area contributed by atoms with Gasteiger partial charge < -0.3 is 25.2 Å². The van der Waals surface area contributed by atoms with Crippen molar-refractivity contribution in [1.82, 2.24) is 20.4 Å². The minimum Gasteiger partial charge on any atom is -0.381 e. The number of ether oxygens (including phenoxy) is 1. The summed E-state index contributed by atoms with van der Waals surface area (Å²) >= 11 is 0. The normalized spacial score (nSPS) is 31.7. The molecule has 4 rings (SSSR count). The predicted octanol–water partition coefficient (Wildman–Crippen LogP) is 3.28. The zero-order valence-corrected chi connectivity index (χ0v) is 22.9. The molecular formula is C28H52N4O3. The number of hydrogen-bond donors (Lipinski definition) is 2. The minimum atomic E-state index is 0.00680. The fourth-order valence-corrected chi connectivity index (χ4v) is 6.57. The van der Waals surface area contributed by atoms with E-state index >= 15 is 0 Å². The molecule has 3 saturated heterocycles. The van der Waals surface area contributed by atoms with E-state index in [2.05, 4.69) is 34.3 Å². The molecule has 3 aliphatic heterocycles. The molecule has 0 aromatic carbocycles. The van der Waals surface area contributed by atoms with Crippen molar-refractivity contribution in [2.45, 2.75) is 90.1 Å². The van der Waals surface area contributed by atoms with Gasteiger partial charge in [0.25, 0.3) is 0 Å². The summed E-state index contributed by atoms with van der Waals surface area (Å²) in [4.78, 5) is 29.1. The minimum absolute atomic E-state index is 0.00680. The van der Waals surface area contributed by atoms with E-state index in [1.54, 1.807) is 0 Å². The Morgan fingerprint density at radius 1 is 0.686 bits per heavy atom. The topological polar surface area (TPSA) is 73.9 Å². The van der Waals surface area contributed by atoms with E-state index in [-0.39, 0.29) is 12.1 Å². The van der Waals surface area contributed by atoms with Gasteiger partial charge in [0, 0.05) is 39.4 Å². The zero-order chi connectivity index (χ0) is 25.2. The van der Waals surface area contributed by atoms with Gasteiger partial charge in [-0.25, -0.2) is 0 Å². The molecule has 0 bridgehead atoms. The number of carbonyl (C=O) groups excluding carboxylic acids is 2. The number of hydrogen-bond acceptors (Lipinski definition) is 5. The molecule has 35 heavy (non-hydrogen) atoms. The van der Waals surface area contributed by atoms with Crippen LogP contribution >= 0.6 is 0 Å². The zero-order valence-electron chi connectivity index (χ0n) is 22.9. The predicted molar refractivity (Wildman–Crippen MR) is 141 cm³/mol. The maximum atomic E-state index is 12.5. The Bertz CT molecular complexity index is 648. The average molecular weight is 493 g/mol. The number of rotatable bonds is 6. The van der Waals surface area contributed by atoms with E-state index in [1.165, 1.54) is 32.1 Å². The highest BCUT2D eigenvalue weighted by molar-refractivity contribution is 5.83. The first-order chi connectivity index (χ1) is 16.9. The van der Waals surface area contributed by atoms with Crippen LogP contribution < -0.4 is 10.6 Å². The first-order valence-electron chi connectivity index (χ1n) is 14.4. The molecule has 202 valence electrons. The molecule has 4 unspecified atom stereocenters. The molecule has 4 aliphatic rings. The van der Waals surface area contributed by atoms with E-state index in [0.29, 0.717) is 29.6 Å². The summed E-state index contributed by atoms with van der Waals surface area (Å²) in [5.74, 6) is 2.96. The summed E-state index contributed by atoms with van der Waals surface area (Å²) in [7, 11) is 3.81. The Morgan fingerprint density at radius 3 is 1.54 bits per heavy atom. The lowest BCUT2D eigenvalue weighted by Crippen LogP contribution is -2.48.